The Morgan fingerprint density at radius 1 is 0.944 bits per heavy atom. The fourth-order valence-electron chi connectivity index (χ4n) is 0.993. The number of hydrogen-bond acceptors (Lipinski definition) is 9. The molecule has 1 fully saturated rings. The van der Waals surface area contributed by atoms with Gasteiger partial charge < -0.3 is 13.8 Å². The summed E-state index contributed by atoms with van der Waals surface area (Å²) in [6.45, 7) is 0.302. The Labute approximate surface area is 157 Å². The van der Waals surface area contributed by atoms with Crippen molar-refractivity contribution in [3.63, 3.8) is 0 Å². The Bertz CT molecular complexity index is 404. The molecule has 0 aliphatic carbocycles. The monoisotopic (exact) mass is 354 g/mol. The van der Waals surface area contributed by atoms with Gasteiger partial charge in [0.05, 0.1) is 13.2 Å². The molecule has 0 radical (unpaired) electrons. The van der Waals surface area contributed by atoms with E-state index in [0.717, 1.165) is 0 Å². The van der Waals surface area contributed by atoms with E-state index in [1.165, 1.54) is 0 Å². The summed E-state index contributed by atoms with van der Waals surface area (Å²) in [6.07, 6.45) is 0. The molecule has 13 heteroatoms. The van der Waals surface area contributed by atoms with Gasteiger partial charge in [0.15, 0.2) is 0 Å². The first-order valence-corrected chi connectivity index (χ1v) is 9.72. The van der Waals surface area contributed by atoms with Crippen LogP contribution in [-0.4, -0.2) is 50.7 Å². The molecule has 1 rings (SSSR count). The second-order valence-corrected chi connectivity index (χ2v) is 9.88. The van der Waals surface area contributed by atoms with Crippen molar-refractivity contribution < 1.29 is 89.8 Å². The van der Waals surface area contributed by atoms with E-state index in [0.29, 0.717) is 0 Å². The Hall–Kier alpha value is 2.48. The van der Waals surface area contributed by atoms with Crippen molar-refractivity contribution in [1.29, 1.82) is 0 Å². The van der Waals surface area contributed by atoms with Crippen LogP contribution in [0.2, 0.25) is 0 Å². The van der Waals surface area contributed by atoms with Crippen LogP contribution in [0.25, 0.3) is 0 Å². The van der Waals surface area contributed by atoms with Gasteiger partial charge in [0.2, 0.25) is 0 Å². The number of rotatable bonds is 6. The van der Waals surface area contributed by atoms with Crippen LogP contribution in [0.15, 0.2) is 0 Å². The third kappa shape index (κ3) is 9.42. The fourth-order valence-corrected chi connectivity index (χ4v) is 4.81. The number of hydrogen-bond donors (Lipinski definition) is 0. The molecule has 0 aromatic rings. The Morgan fingerprint density at radius 2 is 1.28 bits per heavy atom. The van der Waals surface area contributed by atoms with Gasteiger partial charge in [-0.1, -0.05) is 0 Å². The van der Waals surface area contributed by atoms with Crippen LogP contribution < -0.4 is 59.1 Å². The third-order valence-corrected chi connectivity index (χ3v) is 6.31. The minimum atomic E-state index is -4.41. The average Bonchev–Trinajstić information content (AvgIpc) is 1.97. The molecule has 0 N–H and O–H groups in total. The maximum atomic E-state index is 10.4. The van der Waals surface area contributed by atoms with Crippen molar-refractivity contribution in [2.75, 3.05) is 24.7 Å². The van der Waals surface area contributed by atoms with E-state index in [1.54, 1.807) is 0 Å². The van der Waals surface area contributed by atoms with Gasteiger partial charge in [-0.3, -0.25) is 0 Å². The van der Waals surface area contributed by atoms with E-state index in [-0.39, 0.29) is 105 Å². The summed E-state index contributed by atoms with van der Waals surface area (Å²) in [5.41, 5.74) is -0.718. The van der Waals surface area contributed by atoms with Gasteiger partial charge in [-0.2, -0.15) is 0 Å². The molecule has 1 aliphatic heterocycles. The van der Waals surface area contributed by atoms with Crippen LogP contribution >= 0.6 is 21.6 Å². The average molecular weight is 354 g/mol. The summed E-state index contributed by atoms with van der Waals surface area (Å²) in [7, 11) is -8.44. The van der Waals surface area contributed by atoms with Gasteiger partial charge in [0.25, 0.3) is 0 Å². The zero-order valence-corrected chi connectivity index (χ0v) is 17.1. The van der Waals surface area contributed by atoms with Crippen molar-refractivity contribution in [3.8, 4) is 0 Å². The van der Waals surface area contributed by atoms with E-state index >= 15 is 0 Å². The molecule has 0 saturated carbocycles. The van der Waals surface area contributed by atoms with E-state index in [2.05, 4.69) is 0 Å². The standard InChI is InChI=1S/C5H10O7S4.2Na/c6-15(7,8)13-3-5(1-12-2-5)4-14-16(9,10)11;;/h1-4H2,(H,6,7,8)(H,9,10,11);;/q;2*+1/p-2. The van der Waals surface area contributed by atoms with Crippen molar-refractivity contribution in [2.45, 2.75) is 0 Å². The van der Waals surface area contributed by atoms with Gasteiger partial charge in [-0.25, -0.2) is 16.8 Å². The van der Waals surface area contributed by atoms with Crippen LogP contribution in [-0.2, 0) is 23.0 Å². The molecule has 1 heterocycles. The molecule has 1 aliphatic rings. The molecule has 0 aromatic carbocycles. The minimum Gasteiger partial charge on any atom is -0.739 e. The largest absolute Gasteiger partial charge is 1.00 e. The summed E-state index contributed by atoms with van der Waals surface area (Å²) in [5, 5.41) is 0. The minimum absolute atomic E-state index is 0. The normalized spacial score (nSPS) is 18.1. The maximum absolute atomic E-state index is 10.4. The molecular formula is C5H8Na2O7S4. The first-order chi connectivity index (χ1) is 7.12. The summed E-state index contributed by atoms with van der Waals surface area (Å²) < 4.78 is 67.2. The fraction of sp³-hybridized carbons (Fsp3) is 1.00. The van der Waals surface area contributed by atoms with Gasteiger partial charge in [0, 0.05) is 16.9 Å². The SMILES string of the molecule is O=S(=O)([O-])SCC1(CSS(=O)(=O)[O-])COC1.[Na+].[Na+]. The zero-order valence-electron chi connectivity index (χ0n) is 9.82. The number of ether oxygens (including phenoxy) is 1. The van der Waals surface area contributed by atoms with Crippen molar-refractivity contribution in [1.82, 2.24) is 0 Å². The Morgan fingerprint density at radius 3 is 1.44 bits per heavy atom. The van der Waals surface area contributed by atoms with Crippen molar-refractivity contribution >= 4 is 39.9 Å². The van der Waals surface area contributed by atoms with E-state index < -0.39 is 23.7 Å². The summed E-state index contributed by atoms with van der Waals surface area (Å²) in [5.74, 6) is -0.136. The van der Waals surface area contributed by atoms with Gasteiger partial charge in [0.1, 0.15) is 18.3 Å². The van der Waals surface area contributed by atoms with Gasteiger partial charge in [-0.15, -0.1) is 0 Å². The van der Waals surface area contributed by atoms with E-state index in [1.807, 2.05) is 0 Å². The molecule has 0 unspecified atom stereocenters. The molecule has 0 aromatic heterocycles. The van der Waals surface area contributed by atoms with E-state index in [4.69, 9.17) is 4.74 Å². The van der Waals surface area contributed by atoms with E-state index in [9.17, 15) is 25.9 Å². The third-order valence-electron chi connectivity index (χ3n) is 1.84. The topological polar surface area (TPSA) is 124 Å². The zero-order chi connectivity index (χ0) is 12.4. The maximum Gasteiger partial charge on any atom is 1.00 e. The second-order valence-electron chi connectivity index (χ2n) is 3.33. The van der Waals surface area contributed by atoms with Crippen LogP contribution in [0, 0.1) is 5.41 Å². The molecule has 7 nitrogen and oxygen atoms in total. The summed E-state index contributed by atoms with van der Waals surface area (Å²) >= 11 is 0. The molecule has 1 saturated heterocycles. The Kier molecular flexibility index (Phi) is 11.1. The summed E-state index contributed by atoms with van der Waals surface area (Å²) in [6, 6.07) is 0. The Balaban J connectivity index is 0. The quantitative estimate of drug-likeness (QED) is 0.260. The van der Waals surface area contributed by atoms with Crippen LogP contribution in [0.5, 0.6) is 0 Å². The van der Waals surface area contributed by atoms with Crippen LogP contribution in [0.1, 0.15) is 0 Å². The van der Waals surface area contributed by atoms with Crippen molar-refractivity contribution in [3.05, 3.63) is 0 Å². The smallest absolute Gasteiger partial charge is 0.739 e. The molecule has 18 heavy (non-hydrogen) atoms. The van der Waals surface area contributed by atoms with Crippen LogP contribution in [0.3, 0.4) is 0 Å². The molecule has 0 spiro atoms. The second kappa shape index (κ2) is 8.81. The summed E-state index contributed by atoms with van der Waals surface area (Å²) in [4.78, 5) is 0. The predicted molar refractivity (Wildman–Crippen MR) is 57.6 cm³/mol. The first-order valence-electron chi connectivity index (χ1n) is 3.90. The molecule has 96 valence electrons. The predicted octanol–water partition coefficient (Wildman–Crippen LogP) is -6.60. The molecule has 0 atom stereocenters. The van der Waals surface area contributed by atoms with Crippen LogP contribution in [0.4, 0.5) is 0 Å². The van der Waals surface area contributed by atoms with Gasteiger partial charge >= 0.3 is 59.1 Å². The first kappa shape index (κ1) is 22.8. The molecule has 0 bridgehead atoms. The van der Waals surface area contributed by atoms with Gasteiger partial charge in [-0.05, 0) is 21.6 Å². The molecular weight excluding hydrogens is 346 g/mol. The molecule has 0 amide bonds. The van der Waals surface area contributed by atoms with Crippen molar-refractivity contribution in [2.24, 2.45) is 5.41 Å².